The van der Waals surface area contributed by atoms with Crippen molar-refractivity contribution >= 4 is 92.8 Å². The number of fused-ring (bicyclic) bond motifs is 10. The molecule has 0 aliphatic heterocycles. The fraction of sp³-hybridized carbons (Fsp3) is 0.818. The van der Waals surface area contributed by atoms with E-state index in [-0.39, 0.29) is 43.8 Å². The van der Waals surface area contributed by atoms with Crippen molar-refractivity contribution in [2.24, 2.45) is 23.7 Å². The Labute approximate surface area is 239 Å². The molecule has 3 saturated carbocycles. The number of hydrogen-bond donors (Lipinski definition) is 0. The van der Waals surface area contributed by atoms with Crippen molar-refractivity contribution in [2.75, 3.05) is 28.4 Å². The largest absolute Gasteiger partial charge is 0.350 e. The van der Waals surface area contributed by atoms with E-state index in [1.165, 1.54) is 28.4 Å². The molecular weight excluding hydrogens is 612 g/mol. The summed E-state index contributed by atoms with van der Waals surface area (Å²) in [6.07, 6.45) is 2.35. The first-order chi connectivity index (χ1) is 15.8. The second-order valence-corrected chi connectivity index (χ2v) is 13.6. The smallest absolute Gasteiger partial charge is 0.217 e. The average molecular weight is 636 g/mol. The van der Waals surface area contributed by atoms with Crippen LogP contribution in [0, 0.1) is 23.7 Å². The van der Waals surface area contributed by atoms with Crippen molar-refractivity contribution in [1.82, 2.24) is 0 Å². The Kier molecular flexibility index (Phi) is 6.47. The molecule has 0 saturated heterocycles. The minimum Gasteiger partial charge on any atom is -0.350 e. The van der Waals surface area contributed by atoms with Crippen LogP contribution >= 0.6 is 92.8 Å². The van der Waals surface area contributed by atoms with Gasteiger partial charge in [0, 0.05) is 28.4 Å². The van der Waals surface area contributed by atoms with E-state index in [4.69, 9.17) is 112 Å². The maximum Gasteiger partial charge on any atom is 0.217 e. The molecule has 5 rings (SSSR count). The van der Waals surface area contributed by atoms with Gasteiger partial charge in [0.1, 0.15) is 19.5 Å². The highest BCUT2D eigenvalue weighted by Crippen LogP contribution is 2.79. The van der Waals surface area contributed by atoms with E-state index in [9.17, 15) is 0 Å². The molecule has 0 aromatic rings. The molecule has 3 fully saturated rings. The fourth-order valence-corrected chi connectivity index (χ4v) is 12.7. The van der Waals surface area contributed by atoms with Crippen molar-refractivity contribution < 1.29 is 18.9 Å². The van der Waals surface area contributed by atoms with Gasteiger partial charge in [-0.25, -0.2) is 0 Å². The third kappa shape index (κ3) is 2.34. The zero-order chi connectivity index (χ0) is 25.3. The maximum atomic E-state index is 7.33. The monoisotopic (exact) mass is 632 g/mol. The van der Waals surface area contributed by atoms with Crippen LogP contribution in [0.2, 0.25) is 0 Å². The van der Waals surface area contributed by atoms with Crippen LogP contribution in [0.25, 0.3) is 0 Å². The minimum atomic E-state index is -1.45. The SMILES string of the molecule is COC1(OC)[C@@]2(Cl)C(Cl)=C(Cl)[C@]1(Cl)[C@@H]1CC[C@H]3[C@@H](CC[C@@H]12)[C@@]1(Cl)C(Cl)=C(Cl)[C@]3(Cl)C1(OC)OC. The predicted octanol–water partition coefficient (Wildman–Crippen LogP) is 7.35. The molecule has 12 heteroatoms. The Bertz CT molecular complexity index is 849. The first-order valence-corrected chi connectivity index (χ1v) is 13.9. The third-order valence-electron chi connectivity index (χ3n) is 9.32. The second-order valence-electron chi connectivity index (χ2n) is 9.73. The number of halogens is 8. The summed E-state index contributed by atoms with van der Waals surface area (Å²) < 4.78 is 23.6. The van der Waals surface area contributed by atoms with Gasteiger partial charge in [-0.2, -0.15) is 0 Å². The second kappa shape index (κ2) is 8.08. The van der Waals surface area contributed by atoms with Gasteiger partial charge >= 0.3 is 0 Å². The van der Waals surface area contributed by atoms with E-state index < -0.39 is 31.1 Å². The molecule has 5 aliphatic carbocycles. The first kappa shape index (κ1) is 27.2. The van der Waals surface area contributed by atoms with Crippen LogP contribution in [0.1, 0.15) is 25.7 Å². The number of ether oxygens (including phenoxy) is 4. The zero-order valence-corrected chi connectivity index (χ0v) is 24.8. The number of methoxy groups -OCH3 is 4. The molecule has 5 aliphatic rings. The summed E-state index contributed by atoms with van der Waals surface area (Å²) in [6, 6.07) is 0. The minimum absolute atomic E-state index is 0.217. The lowest BCUT2D eigenvalue weighted by atomic mass is 9.67. The van der Waals surface area contributed by atoms with Crippen molar-refractivity contribution in [2.45, 2.75) is 56.8 Å². The van der Waals surface area contributed by atoms with E-state index in [0.717, 1.165) is 0 Å². The molecule has 0 amide bonds. The standard InChI is InChI=1S/C22H24Cl8O4/c1-31-21(32-2)17(27)9-5-7-11-12(8-6-10(9)18(21,28)14(24)13(17)23)20(30)16(26)15(25)19(11,29)22(20,33-3)34-4/h9-12H,5-8H2,1-4H3/t9-,10+,11+,12-,17-,18+,19+,20-. The summed E-state index contributed by atoms with van der Waals surface area (Å²) in [5, 5.41) is 0.998. The molecule has 8 atom stereocenters. The molecule has 0 N–H and O–H groups in total. The molecule has 0 aromatic carbocycles. The van der Waals surface area contributed by atoms with Crippen molar-refractivity contribution in [3.8, 4) is 0 Å². The van der Waals surface area contributed by atoms with E-state index in [1.807, 2.05) is 0 Å². The van der Waals surface area contributed by atoms with Crippen molar-refractivity contribution in [3.05, 3.63) is 20.1 Å². The van der Waals surface area contributed by atoms with Gasteiger partial charge in [-0.05, 0) is 49.4 Å². The topological polar surface area (TPSA) is 36.9 Å². The van der Waals surface area contributed by atoms with Gasteiger partial charge < -0.3 is 18.9 Å². The summed E-state index contributed by atoms with van der Waals surface area (Å²) in [5.41, 5.74) is 0. The third-order valence-corrected chi connectivity index (χ3v) is 14.7. The summed E-state index contributed by atoms with van der Waals surface area (Å²) in [4.78, 5) is -5.11. The highest BCUT2D eigenvalue weighted by Gasteiger charge is 2.87. The van der Waals surface area contributed by atoms with Crippen LogP contribution in [-0.4, -0.2) is 59.5 Å². The molecule has 0 spiro atoms. The van der Waals surface area contributed by atoms with Crippen LogP contribution in [0.5, 0.6) is 0 Å². The molecule has 0 heterocycles. The molecule has 192 valence electrons. The lowest BCUT2D eigenvalue weighted by Crippen LogP contribution is -2.58. The summed E-state index contributed by atoms with van der Waals surface area (Å²) in [5.74, 6) is -3.76. The molecule has 34 heavy (non-hydrogen) atoms. The lowest BCUT2D eigenvalue weighted by Gasteiger charge is -2.43. The van der Waals surface area contributed by atoms with E-state index in [1.54, 1.807) is 0 Å². The Hall–Kier alpha value is 1.64. The summed E-state index contributed by atoms with van der Waals surface area (Å²) in [7, 11) is 6.01. The Morgan fingerprint density at radius 2 is 0.647 bits per heavy atom. The predicted molar refractivity (Wildman–Crippen MR) is 138 cm³/mol. The Morgan fingerprint density at radius 1 is 0.471 bits per heavy atom. The first-order valence-electron chi connectivity index (χ1n) is 10.9. The van der Waals surface area contributed by atoms with E-state index in [2.05, 4.69) is 0 Å². The fourth-order valence-electron chi connectivity index (χ4n) is 8.16. The van der Waals surface area contributed by atoms with Gasteiger partial charge in [0.25, 0.3) is 0 Å². The Balaban J connectivity index is 1.64. The van der Waals surface area contributed by atoms with Gasteiger partial charge in [-0.1, -0.05) is 46.4 Å². The average Bonchev–Trinajstić information content (AvgIpc) is 3.19. The van der Waals surface area contributed by atoms with Crippen LogP contribution in [0.3, 0.4) is 0 Å². The number of hydrogen-bond acceptors (Lipinski definition) is 4. The van der Waals surface area contributed by atoms with Crippen LogP contribution in [0.15, 0.2) is 20.1 Å². The van der Waals surface area contributed by atoms with Gasteiger partial charge in [0.2, 0.25) is 11.6 Å². The highest BCUT2D eigenvalue weighted by molar-refractivity contribution is 6.53. The molecule has 0 aromatic heterocycles. The van der Waals surface area contributed by atoms with Crippen LogP contribution in [0.4, 0.5) is 0 Å². The van der Waals surface area contributed by atoms with Gasteiger partial charge in [-0.15, -0.1) is 46.4 Å². The lowest BCUT2D eigenvalue weighted by molar-refractivity contribution is -0.222. The van der Waals surface area contributed by atoms with E-state index in [0.29, 0.717) is 25.7 Å². The Morgan fingerprint density at radius 3 is 0.794 bits per heavy atom. The molecule has 0 radical (unpaired) electrons. The molecular formula is C22H24Cl8O4. The zero-order valence-electron chi connectivity index (χ0n) is 18.8. The van der Waals surface area contributed by atoms with Gasteiger partial charge in [0.15, 0.2) is 0 Å². The molecule has 4 bridgehead atoms. The quantitative estimate of drug-likeness (QED) is 0.239. The van der Waals surface area contributed by atoms with Crippen LogP contribution in [-0.2, 0) is 18.9 Å². The van der Waals surface area contributed by atoms with Crippen molar-refractivity contribution in [1.29, 1.82) is 0 Å². The molecule has 0 unspecified atom stereocenters. The van der Waals surface area contributed by atoms with Crippen molar-refractivity contribution in [3.63, 3.8) is 0 Å². The maximum absolute atomic E-state index is 7.33. The summed E-state index contributed by atoms with van der Waals surface area (Å²) in [6.45, 7) is 0. The van der Waals surface area contributed by atoms with Crippen LogP contribution < -0.4 is 0 Å². The van der Waals surface area contributed by atoms with E-state index >= 15 is 0 Å². The summed E-state index contributed by atoms with van der Waals surface area (Å²) >= 11 is 56.3. The van der Waals surface area contributed by atoms with Gasteiger partial charge in [-0.3, -0.25) is 0 Å². The normalized spacial score (nSPS) is 50.5. The number of alkyl halides is 4. The number of rotatable bonds is 4. The van der Waals surface area contributed by atoms with Gasteiger partial charge in [0.05, 0.1) is 20.1 Å². The molecule has 4 nitrogen and oxygen atoms in total. The highest BCUT2D eigenvalue weighted by atomic mass is 35.5.